The third-order valence-electron chi connectivity index (χ3n) is 9.04. The van der Waals surface area contributed by atoms with Gasteiger partial charge in [-0.05, 0) is 38.5 Å². The van der Waals surface area contributed by atoms with E-state index in [1.807, 2.05) is 0 Å². The molecule has 0 aromatic rings. The van der Waals surface area contributed by atoms with Crippen LogP contribution in [0.15, 0.2) is 12.2 Å². The molecule has 306 valence electrons. The molecule has 0 bridgehead atoms. The number of ether oxygens (including phenoxy) is 2. The monoisotopic (exact) mass is 784 g/mol. The van der Waals surface area contributed by atoms with Crippen molar-refractivity contribution in [1.29, 1.82) is 0 Å². The van der Waals surface area contributed by atoms with Crippen LogP contribution in [0.2, 0.25) is 0 Å². The van der Waals surface area contributed by atoms with Gasteiger partial charge in [0.1, 0.15) is 25.2 Å². The number of carbonyl (C=O) groups is 3. The Bertz CT molecular complexity index is 954. The molecule has 0 saturated carbocycles. The Balaban J connectivity index is 0. The van der Waals surface area contributed by atoms with Gasteiger partial charge in [0.15, 0.2) is 6.10 Å². The van der Waals surface area contributed by atoms with E-state index >= 15 is 0 Å². The van der Waals surface area contributed by atoms with Crippen LogP contribution in [0.1, 0.15) is 194 Å². The van der Waals surface area contributed by atoms with Gasteiger partial charge in [0.2, 0.25) is 0 Å². The van der Waals surface area contributed by atoms with Crippen molar-refractivity contribution in [2.45, 2.75) is 206 Å². The third-order valence-corrected chi connectivity index (χ3v) is 9.97. The first-order valence-corrected chi connectivity index (χ1v) is 22.2. The molecule has 0 fully saturated rings. The van der Waals surface area contributed by atoms with Gasteiger partial charge >= 0.3 is 41.5 Å². The van der Waals surface area contributed by atoms with Crippen molar-refractivity contribution in [3.05, 3.63) is 12.2 Å². The SMILES string of the molecule is CCCCCCCCC=CCCCCCCCC(=O)OC(COC(=O)CCCCCCCCCCCCCCC)COP(=O)([O-])OCC([NH3+])C(=O)[O-].[Na+]. The van der Waals surface area contributed by atoms with Gasteiger partial charge in [-0.2, -0.15) is 0 Å². The Morgan fingerprint density at radius 2 is 0.962 bits per heavy atom. The van der Waals surface area contributed by atoms with Crippen molar-refractivity contribution in [3.63, 3.8) is 0 Å². The van der Waals surface area contributed by atoms with Gasteiger partial charge in [0.05, 0.1) is 6.61 Å². The first-order valence-electron chi connectivity index (χ1n) is 20.7. The number of carboxylic acids is 1. The van der Waals surface area contributed by atoms with Gasteiger partial charge in [-0.3, -0.25) is 14.2 Å². The molecule has 0 aromatic heterocycles. The fraction of sp³-hybridized carbons (Fsp3) is 0.875. The number of hydrogen-bond donors (Lipinski definition) is 1. The number of hydrogen-bond acceptors (Lipinski definition) is 10. The molecule has 0 amide bonds. The fourth-order valence-corrected chi connectivity index (χ4v) is 6.49. The van der Waals surface area contributed by atoms with Crippen LogP contribution in [0.25, 0.3) is 0 Å². The predicted octanol–water partition coefficient (Wildman–Crippen LogP) is 4.83. The maximum Gasteiger partial charge on any atom is 1.00 e. The molecule has 13 heteroatoms. The minimum atomic E-state index is -4.95. The average molecular weight is 784 g/mol. The van der Waals surface area contributed by atoms with Crippen LogP contribution in [-0.2, 0) is 37.5 Å². The summed E-state index contributed by atoms with van der Waals surface area (Å²) in [5.74, 6) is -2.58. The largest absolute Gasteiger partial charge is 1.00 e. The van der Waals surface area contributed by atoms with Crippen LogP contribution in [0.5, 0.6) is 0 Å². The molecule has 0 aliphatic carbocycles. The van der Waals surface area contributed by atoms with E-state index in [0.717, 1.165) is 57.8 Å². The number of aliphatic carboxylic acids is 1. The van der Waals surface area contributed by atoms with E-state index in [2.05, 4.69) is 36.3 Å². The molecule has 0 aliphatic rings. The minimum Gasteiger partial charge on any atom is -0.756 e. The summed E-state index contributed by atoms with van der Waals surface area (Å²) >= 11 is 0. The Hall–Kier alpha value is -0.780. The third kappa shape index (κ3) is 39.3. The summed E-state index contributed by atoms with van der Waals surface area (Å²) in [6.07, 6.45) is 34.0. The van der Waals surface area contributed by atoms with Gasteiger partial charge < -0.3 is 39.0 Å². The molecule has 11 nitrogen and oxygen atoms in total. The van der Waals surface area contributed by atoms with E-state index in [1.54, 1.807) is 0 Å². The minimum absolute atomic E-state index is 0. The number of carboxylic acid groups (broad SMARTS) is 1. The molecule has 3 N–H and O–H groups in total. The molecule has 0 rings (SSSR count). The van der Waals surface area contributed by atoms with Crippen molar-refractivity contribution in [2.75, 3.05) is 19.8 Å². The maximum absolute atomic E-state index is 12.6. The molecular weight excluding hydrogens is 708 g/mol. The summed E-state index contributed by atoms with van der Waals surface area (Å²) in [4.78, 5) is 47.9. The van der Waals surface area contributed by atoms with E-state index in [4.69, 9.17) is 14.0 Å². The van der Waals surface area contributed by atoms with Crippen LogP contribution in [0, 0.1) is 0 Å². The Kier molecular flexibility index (Phi) is 40.4. The van der Waals surface area contributed by atoms with Gasteiger partial charge in [0.25, 0.3) is 7.82 Å². The van der Waals surface area contributed by atoms with Crippen LogP contribution in [-0.4, -0.2) is 49.9 Å². The Morgan fingerprint density at radius 1 is 0.585 bits per heavy atom. The van der Waals surface area contributed by atoms with Crippen molar-refractivity contribution in [3.8, 4) is 0 Å². The second-order valence-corrected chi connectivity index (χ2v) is 15.6. The van der Waals surface area contributed by atoms with Crippen LogP contribution < -0.4 is 45.3 Å². The van der Waals surface area contributed by atoms with E-state index < -0.39 is 51.1 Å². The average Bonchev–Trinajstić information content (AvgIpc) is 3.12. The van der Waals surface area contributed by atoms with Crippen LogP contribution in [0.4, 0.5) is 0 Å². The summed E-state index contributed by atoms with van der Waals surface area (Å²) in [5.41, 5.74) is 3.24. The maximum atomic E-state index is 12.6. The number of phosphoric ester groups is 1. The van der Waals surface area contributed by atoms with Gasteiger partial charge in [-0.1, -0.05) is 154 Å². The Morgan fingerprint density at radius 3 is 1.40 bits per heavy atom. The molecule has 0 aromatic carbocycles. The summed E-state index contributed by atoms with van der Waals surface area (Å²) in [5, 5.41) is 10.8. The number of carbonyl (C=O) groups excluding carboxylic acids is 3. The van der Waals surface area contributed by atoms with Gasteiger partial charge in [0, 0.05) is 12.8 Å². The second kappa shape index (κ2) is 39.5. The Labute approximate surface area is 344 Å². The van der Waals surface area contributed by atoms with E-state index in [1.165, 1.54) is 96.3 Å². The number of rotatable bonds is 39. The normalized spacial score (nSPS) is 13.7. The molecule has 0 aliphatic heterocycles. The number of quaternary nitrogens is 1. The fourth-order valence-electron chi connectivity index (χ4n) is 5.71. The molecule has 0 spiro atoms. The standard InChI is InChI=1S/C40H76NO10P.Na/c1-3-5-7-9-11-13-15-17-18-20-22-24-26-28-30-32-39(43)51-36(34-49-52(46,47)50-35-37(41)40(44)45)33-48-38(42)31-29-27-25-23-21-19-16-14-12-10-8-6-4-2;/h17-18,36-37H,3-16,19-35,41H2,1-2H3,(H,44,45)(H,46,47);/q;+1/p-1. The summed E-state index contributed by atoms with van der Waals surface area (Å²) in [6, 6.07) is -1.42. The zero-order chi connectivity index (χ0) is 38.5. The molecule has 0 radical (unpaired) electrons. The number of allylic oxidation sites excluding steroid dienone is 2. The number of esters is 2. The zero-order valence-electron chi connectivity index (χ0n) is 34.0. The molecule has 3 atom stereocenters. The van der Waals surface area contributed by atoms with E-state index in [-0.39, 0.29) is 49.0 Å². The van der Waals surface area contributed by atoms with E-state index in [9.17, 15) is 28.9 Å². The predicted molar refractivity (Wildman–Crippen MR) is 202 cm³/mol. The van der Waals surface area contributed by atoms with Gasteiger partial charge in [-0.25, -0.2) is 0 Å². The first-order chi connectivity index (χ1) is 25.1. The van der Waals surface area contributed by atoms with Crippen molar-refractivity contribution in [2.24, 2.45) is 0 Å². The number of unbranched alkanes of at least 4 members (excludes halogenated alkanes) is 23. The second-order valence-electron chi connectivity index (χ2n) is 14.2. The van der Waals surface area contributed by atoms with Crippen molar-refractivity contribution in [1.82, 2.24) is 0 Å². The van der Waals surface area contributed by atoms with Gasteiger partial charge in [-0.15, -0.1) is 0 Å². The molecule has 53 heavy (non-hydrogen) atoms. The van der Waals surface area contributed by atoms with E-state index in [0.29, 0.717) is 12.8 Å². The quantitative estimate of drug-likeness (QED) is 0.0299. The smallest absolute Gasteiger partial charge is 0.756 e. The van der Waals surface area contributed by atoms with Crippen molar-refractivity contribution < 1.29 is 82.8 Å². The zero-order valence-corrected chi connectivity index (χ0v) is 36.9. The molecule has 0 saturated heterocycles. The molecular formula is C40H75NNaO10P. The first kappa shape index (κ1) is 54.3. The van der Waals surface area contributed by atoms with Crippen LogP contribution >= 0.6 is 7.82 Å². The molecule has 3 unspecified atom stereocenters. The topological polar surface area (TPSA) is 179 Å². The van der Waals surface area contributed by atoms with Crippen molar-refractivity contribution >= 4 is 25.7 Å². The summed E-state index contributed by atoms with van der Waals surface area (Å²) in [6.45, 7) is 2.69. The van der Waals surface area contributed by atoms with Crippen LogP contribution in [0.3, 0.4) is 0 Å². The summed E-state index contributed by atoms with van der Waals surface area (Å²) in [7, 11) is -4.95. The molecule has 0 heterocycles. The summed E-state index contributed by atoms with van der Waals surface area (Å²) < 4.78 is 32.3. The number of phosphoric acid groups is 1.